The van der Waals surface area contributed by atoms with Gasteiger partial charge in [0.25, 0.3) is 0 Å². The quantitative estimate of drug-likeness (QED) is 0.763. The van der Waals surface area contributed by atoms with E-state index < -0.39 is 0 Å². The number of carbonyl (C=O) groups is 1. The van der Waals surface area contributed by atoms with Crippen molar-refractivity contribution in [3.63, 3.8) is 0 Å². The number of amides is 1. The molecule has 5 fully saturated rings. The minimum absolute atomic E-state index is 0.328. The number of hydrogen-bond acceptors (Lipinski definition) is 2. The minimum Gasteiger partial charge on any atom is -0.356 e. The summed E-state index contributed by atoms with van der Waals surface area (Å²) in [6, 6.07) is 0. The van der Waals surface area contributed by atoms with Gasteiger partial charge in [0.2, 0.25) is 5.91 Å². The van der Waals surface area contributed by atoms with Crippen molar-refractivity contribution in [2.45, 2.75) is 51.4 Å². The Balaban J connectivity index is 1.25. The second-order valence-corrected chi connectivity index (χ2v) is 9.10. The molecule has 0 spiro atoms. The van der Waals surface area contributed by atoms with E-state index in [0.29, 0.717) is 17.2 Å². The maximum Gasteiger partial charge on any atom is 0.220 e. The van der Waals surface area contributed by atoms with Crippen molar-refractivity contribution < 1.29 is 4.79 Å². The molecule has 0 aromatic heterocycles. The summed E-state index contributed by atoms with van der Waals surface area (Å²) in [5, 5.41) is 3.27. The van der Waals surface area contributed by atoms with Gasteiger partial charge in [-0.3, -0.25) is 9.69 Å². The van der Waals surface area contributed by atoms with E-state index in [1.807, 2.05) is 6.08 Å². The van der Waals surface area contributed by atoms with Gasteiger partial charge < -0.3 is 5.32 Å². The van der Waals surface area contributed by atoms with Gasteiger partial charge in [-0.05, 0) is 80.6 Å². The standard InChI is InChI=1S/C20H32N2O/c1-2-4-22-5-3-15(14-22)13-21-19(23)12-20-9-16-6-17(10-20)8-18(7-16)11-20/h2,15-18H,1,3-14H2,(H,21,23). The van der Waals surface area contributed by atoms with E-state index in [4.69, 9.17) is 0 Å². The third-order valence-electron chi connectivity index (χ3n) is 7.05. The van der Waals surface area contributed by atoms with Crippen molar-refractivity contribution >= 4 is 5.91 Å². The second kappa shape index (κ2) is 6.23. The molecule has 1 heterocycles. The first kappa shape index (κ1) is 15.7. The topological polar surface area (TPSA) is 32.3 Å². The lowest BCUT2D eigenvalue weighted by atomic mass is 9.49. The van der Waals surface area contributed by atoms with Crippen LogP contribution in [0.2, 0.25) is 0 Å². The SMILES string of the molecule is C=CCN1CCC(CNC(=O)CC23CC4CC(CC(C4)C2)C3)C1. The number of nitrogens with one attached hydrogen (secondary N) is 1. The molecule has 4 aliphatic carbocycles. The molecule has 0 aromatic rings. The van der Waals surface area contributed by atoms with Crippen molar-refractivity contribution in [2.24, 2.45) is 29.1 Å². The first-order valence-electron chi connectivity index (χ1n) is 9.74. The largest absolute Gasteiger partial charge is 0.356 e. The molecule has 3 nitrogen and oxygen atoms in total. The van der Waals surface area contributed by atoms with E-state index in [1.165, 1.54) is 44.9 Å². The Hall–Kier alpha value is -0.830. The maximum atomic E-state index is 12.6. The van der Waals surface area contributed by atoms with E-state index in [-0.39, 0.29) is 0 Å². The monoisotopic (exact) mass is 316 g/mol. The van der Waals surface area contributed by atoms with E-state index in [1.54, 1.807) is 0 Å². The summed E-state index contributed by atoms with van der Waals surface area (Å²) in [7, 11) is 0. The molecule has 1 amide bonds. The van der Waals surface area contributed by atoms with Crippen LogP contribution in [-0.4, -0.2) is 37.0 Å². The van der Waals surface area contributed by atoms with Crippen LogP contribution in [0.25, 0.3) is 0 Å². The molecule has 128 valence electrons. The molecular formula is C20H32N2O. The summed E-state index contributed by atoms with van der Waals surface area (Å²) in [5.74, 6) is 3.79. The molecule has 23 heavy (non-hydrogen) atoms. The number of rotatable bonds is 6. The number of carbonyl (C=O) groups excluding carboxylic acids is 1. The molecule has 5 rings (SSSR count). The van der Waals surface area contributed by atoms with Gasteiger partial charge in [-0.2, -0.15) is 0 Å². The lowest BCUT2D eigenvalue weighted by Gasteiger charge is -2.56. The van der Waals surface area contributed by atoms with Crippen molar-refractivity contribution in [1.29, 1.82) is 0 Å². The molecule has 5 aliphatic rings. The molecule has 0 aromatic carbocycles. The van der Waals surface area contributed by atoms with Crippen LogP contribution < -0.4 is 5.32 Å². The summed E-state index contributed by atoms with van der Waals surface area (Å²) in [5.41, 5.74) is 0.378. The van der Waals surface area contributed by atoms with Crippen molar-refractivity contribution in [3.8, 4) is 0 Å². The number of nitrogens with zero attached hydrogens (tertiary/aromatic N) is 1. The average molecular weight is 316 g/mol. The Kier molecular flexibility index (Phi) is 4.25. The highest BCUT2D eigenvalue weighted by molar-refractivity contribution is 5.76. The first-order valence-corrected chi connectivity index (χ1v) is 9.74. The zero-order valence-corrected chi connectivity index (χ0v) is 14.4. The predicted octanol–water partition coefficient (Wildman–Crippen LogP) is 3.22. The molecule has 3 heteroatoms. The third-order valence-corrected chi connectivity index (χ3v) is 7.05. The molecule has 4 saturated carbocycles. The Bertz CT molecular complexity index is 437. The summed E-state index contributed by atoms with van der Waals surface area (Å²) in [4.78, 5) is 15.0. The van der Waals surface area contributed by atoms with Gasteiger partial charge in [0.15, 0.2) is 0 Å². The summed E-state index contributed by atoms with van der Waals surface area (Å²) >= 11 is 0. The Labute approximate surface area is 140 Å². The fourth-order valence-corrected chi connectivity index (χ4v) is 6.60. The highest BCUT2D eigenvalue weighted by Gasteiger charge is 2.51. The normalized spacial score (nSPS) is 42.1. The zero-order valence-electron chi connectivity index (χ0n) is 14.4. The zero-order chi connectivity index (χ0) is 15.9. The lowest BCUT2D eigenvalue weighted by Crippen LogP contribution is -2.48. The average Bonchev–Trinajstić information content (AvgIpc) is 2.91. The summed E-state index contributed by atoms with van der Waals surface area (Å²) < 4.78 is 0. The van der Waals surface area contributed by atoms with Crippen LogP contribution in [-0.2, 0) is 4.79 Å². The summed E-state index contributed by atoms with van der Waals surface area (Å²) in [6.45, 7) is 7.94. The van der Waals surface area contributed by atoms with Crippen LogP contribution >= 0.6 is 0 Å². The van der Waals surface area contributed by atoms with Crippen LogP contribution in [0.1, 0.15) is 51.4 Å². The fraction of sp³-hybridized carbons (Fsp3) is 0.850. The van der Waals surface area contributed by atoms with Gasteiger partial charge in [0.1, 0.15) is 0 Å². The highest BCUT2D eigenvalue weighted by atomic mass is 16.1. The van der Waals surface area contributed by atoms with Gasteiger partial charge in [0, 0.05) is 26.1 Å². The minimum atomic E-state index is 0.328. The van der Waals surface area contributed by atoms with E-state index >= 15 is 0 Å². The van der Waals surface area contributed by atoms with Crippen LogP contribution in [0.4, 0.5) is 0 Å². The Morgan fingerprint density at radius 1 is 1.17 bits per heavy atom. The summed E-state index contributed by atoms with van der Waals surface area (Å²) in [6.07, 6.45) is 12.4. The van der Waals surface area contributed by atoms with Crippen LogP contribution in [0, 0.1) is 29.1 Å². The van der Waals surface area contributed by atoms with E-state index in [0.717, 1.165) is 50.4 Å². The fourth-order valence-electron chi connectivity index (χ4n) is 6.60. The van der Waals surface area contributed by atoms with Crippen LogP contribution in [0.5, 0.6) is 0 Å². The van der Waals surface area contributed by atoms with Crippen LogP contribution in [0.15, 0.2) is 12.7 Å². The highest BCUT2D eigenvalue weighted by Crippen LogP contribution is 2.61. The van der Waals surface area contributed by atoms with E-state index in [9.17, 15) is 4.79 Å². The lowest BCUT2D eigenvalue weighted by molar-refractivity contribution is -0.129. The van der Waals surface area contributed by atoms with Gasteiger partial charge in [-0.25, -0.2) is 0 Å². The van der Waals surface area contributed by atoms with Crippen LogP contribution in [0.3, 0.4) is 0 Å². The molecule has 1 saturated heterocycles. The third kappa shape index (κ3) is 3.35. The molecule has 1 atom stereocenters. The Morgan fingerprint density at radius 2 is 1.83 bits per heavy atom. The predicted molar refractivity (Wildman–Crippen MR) is 93.0 cm³/mol. The molecule has 1 aliphatic heterocycles. The van der Waals surface area contributed by atoms with E-state index in [2.05, 4.69) is 16.8 Å². The molecule has 1 unspecified atom stereocenters. The second-order valence-electron chi connectivity index (χ2n) is 9.10. The number of hydrogen-bond donors (Lipinski definition) is 1. The van der Waals surface area contributed by atoms with Crippen molar-refractivity contribution in [2.75, 3.05) is 26.2 Å². The smallest absolute Gasteiger partial charge is 0.220 e. The van der Waals surface area contributed by atoms with Gasteiger partial charge >= 0.3 is 0 Å². The molecule has 1 N–H and O–H groups in total. The molecular weight excluding hydrogens is 284 g/mol. The van der Waals surface area contributed by atoms with Gasteiger partial charge in [-0.1, -0.05) is 6.08 Å². The van der Waals surface area contributed by atoms with Gasteiger partial charge in [0.05, 0.1) is 0 Å². The molecule has 4 bridgehead atoms. The van der Waals surface area contributed by atoms with Gasteiger partial charge in [-0.15, -0.1) is 6.58 Å². The van der Waals surface area contributed by atoms with Crippen molar-refractivity contribution in [1.82, 2.24) is 10.2 Å². The number of likely N-dealkylation sites (tertiary alicyclic amines) is 1. The molecule has 0 radical (unpaired) electrons. The Morgan fingerprint density at radius 3 is 2.43 bits per heavy atom. The van der Waals surface area contributed by atoms with Crippen molar-refractivity contribution in [3.05, 3.63) is 12.7 Å². The first-order chi connectivity index (χ1) is 11.1. The maximum absolute atomic E-state index is 12.6.